The second-order valence-corrected chi connectivity index (χ2v) is 5.21. The van der Waals surface area contributed by atoms with Gasteiger partial charge in [-0.1, -0.05) is 24.8 Å². The van der Waals surface area contributed by atoms with Gasteiger partial charge in [-0.3, -0.25) is 0 Å². The van der Waals surface area contributed by atoms with Crippen LogP contribution in [0.2, 0.25) is 0 Å². The van der Waals surface area contributed by atoms with Gasteiger partial charge in [0.15, 0.2) is 0 Å². The lowest BCUT2D eigenvalue weighted by atomic mass is 9.91. The number of fused-ring (bicyclic) bond motifs is 3. The Bertz CT molecular complexity index is 467. The first-order valence-electron chi connectivity index (χ1n) is 6.81. The first-order valence-corrected chi connectivity index (χ1v) is 6.81. The fraction of sp³-hybridized carbons (Fsp3) is 0.467. The van der Waals surface area contributed by atoms with Gasteiger partial charge in [0.2, 0.25) is 0 Å². The minimum Gasteiger partial charge on any atom is -0.370 e. The van der Waals surface area contributed by atoms with E-state index in [0.29, 0.717) is 6.04 Å². The van der Waals surface area contributed by atoms with Crippen LogP contribution in [0.25, 0.3) is 0 Å². The number of rotatable bonds is 3. The summed E-state index contributed by atoms with van der Waals surface area (Å²) in [7, 11) is 0. The molecule has 3 N–H and O–H groups in total. The molecule has 1 unspecified atom stereocenters. The number of nitrogens with one attached hydrogen (secondary N) is 1. The topological polar surface area (TPSA) is 41.3 Å². The van der Waals surface area contributed by atoms with Crippen molar-refractivity contribution < 1.29 is 0 Å². The lowest BCUT2D eigenvalue weighted by Crippen LogP contribution is -2.30. The summed E-state index contributed by atoms with van der Waals surface area (Å²) in [6.45, 7) is 6.93. The van der Waals surface area contributed by atoms with Crippen LogP contribution in [0.5, 0.6) is 0 Å². The zero-order valence-corrected chi connectivity index (χ0v) is 10.8. The first-order chi connectivity index (χ1) is 8.79. The van der Waals surface area contributed by atoms with E-state index < -0.39 is 0 Å². The van der Waals surface area contributed by atoms with E-state index in [-0.39, 0.29) is 0 Å². The maximum atomic E-state index is 5.57. The van der Waals surface area contributed by atoms with Crippen molar-refractivity contribution in [3.63, 3.8) is 0 Å². The molecule has 96 valence electrons. The van der Waals surface area contributed by atoms with Crippen LogP contribution in [0.15, 0.2) is 30.6 Å². The largest absolute Gasteiger partial charge is 0.370 e. The minimum atomic E-state index is 0.491. The van der Waals surface area contributed by atoms with Crippen molar-refractivity contribution in [2.24, 2.45) is 5.73 Å². The fourth-order valence-electron chi connectivity index (χ4n) is 3.09. The maximum absolute atomic E-state index is 5.57. The average molecular weight is 243 g/mol. The molecule has 18 heavy (non-hydrogen) atoms. The van der Waals surface area contributed by atoms with Crippen molar-refractivity contribution >= 4 is 0 Å². The lowest BCUT2D eigenvalue weighted by molar-refractivity contribution is 0.292. The molecule has 2 heterocycles. The third-order valence-electron chi connectivity index (χ3n) is 4.08. The highest BCUT2D eigenvalue weighted by Gasteiger charge is 2.32. The van der Waals surface area contributed by atoms with Gasteiger partial charge in [0.05, 0.1) is 11.9 Å². The Labute approximate surface area is 109 Å². The standard InChI is InChI=1S/C15H21N3/c1-11-17-10-15-14-5-4-12(3-2-7-16)9-13(14)6-8-18(11)15/h4-5,9,15,17H,1-3,6-8,10,16H2. The molecule has 3 nitrogen and oxygen atoms in total. The number of benzene rings is 1. The van der Waals surface area contributed by atoms with Gasteiger partial charge in [0, 0.05) is 13.1 Å². The highest BCUT2D eigenvalue weighted by molar-refractivity contribution is 5.38. The number of hydrogen-bond acceptors (Lipinski definition) is 3. The molecule has 1 aromatic rings. The van der Waals surface area contributed by atoms with Crippen molar-refractivity contribution in [2.75, 3.05) is 19.6 Å². The number of aryl methyl sites for hydroxylation is 1. The molecule has 1 atom stereocenters. The van der Waals surface area contributed by atoms with Crippen LogP contribution in [0.1, 0.15) is 29.2 Å². The zero-order chi connectivity index (χ0) is 12.5. The van der Waals surface area contributed by atoms with E-state index in [1.807, 2.05) is 0 Å². The summed E-state index contributed by atoms with van der Waals surface area (Å²) in [6, 6.07) is 7.44. The number of nitrogens with zero attached hydrogens (tertiary/aromatic N) is 1. The molecule has 0 amide bonds. The zero-order valence-electron chi connectivity index (χ0n) is 10.8. The van der Waals surface area contributed by atoms with E-state index in [2.05, 4.69) is 35.0 Å². The van der Waals surface area contributed by atoms with Crippen molar-refractivity contribution in [1.82, 2.24) is 10.2 Å². The summed E-state index contributed by atoms with van der Waals surface area (Å²) < 4.78 is 0. The normalized spacial score (nSPS) is 21.5. The molecule has 3 heteroatoms. The molecule has 2 aliphatic heterocycles. The Morgan fingerprint density at radius 2 is 2.33 bits per heavy atom. The Hall–Kier alpha value is -1.48. The van der Waals surface area contributed by atoms with Gasteiger partial charge in [-0.2, -0.15) is 0 Å². The quantitative estimate of drug-likeness (QED) is 0.846. The van der Waals surface area contributed by atoms with Crippen molar-refractivity contribution in [3.8, 4) is 0 Å². The smallest absolute Gasteiger partial charge is 0.0945 e. The van der Waals surface area contributed by atoms with Gasteiger partial charge >= 0.3 is 0 Å². The second-order valence-electron chi connectivity index (χ2n) is 5.21. The number of hydrogen-bond donors (Lipinski definition) is 2. The minimum absolute atomic E-state index is 0.491. The predicted octanol–water partition coefficient (Wildman–Crippen LogP) is 1.55. The highest BCUT2D eigenvalue weighted by Crippen LogP contribution is 2.35. The third-order valence-corrected chi connectivity index (χ3v) is 4.08. The summed E-state index contributed by atoms with van der Waals surface area (Å²) in [5.41, 5.74) is 9.99. The van der Waals surface area contributed by atoms with Gasteiger partial charge < -0.3 is 16.0 Å². The lowest BCUT2D eigenvalue weighted by Gasteiger charge is -2.32. The van der Waals surface area contributed by atoms with Gasteiger partial charge in [-0.15, -0.1) is 0 Å². The molecule has 0 aromatic heterocycles. The van der Waals surface area contributed by atoms with Crippen LogP contribution in [-0.4, -0.2) is 24.5 Å². The summed E-state index contributed by atoms with van der Waals surface area (Å²) in [5, 5.41) is 3.37. The van der Waals surface area contributed by atoms with Crippen molar-refractivity contribution in [1.29, 1.82) is 0 Å². The van der Waals surface area contributed by atoms with Gasteiger partial charge in [0.1, 0.15) is 0 Å². The van der Waals surface area contributed by atoms with Gasteiger partial charge in [-0.05, 0) is 42.5 Å². The highest BCUT2D eigenvalue weighted by atomic mass is 15.3. The first kappa shape index (κ1) is 11.6. The monoisotopic (exact) mass is 243 g/mol. The van der Waals surface area contributed by atoms with Gasteiger partial charge in [0.25, 0.3) is 0 Å². The molecule has 0 bridgehead atoms. The molecular weight excluding hydrogens is 222 g/mol. The van der Waals surface area contributed by atoms with E-state index in [9.17, 15) is 0 Å². The Balaban J connectivity index is 1.86. The Morgan fingerprint density at radius 1 is 1.44 bits per heavy atom. The molecule has 1 fully saturated rings. The van der Waals surface area contributed by atoms with E-state index in [1.165, 1.54) is 16.7 Å². The fourth-order valence-corrected chi connectivity index (χ4v) is 3.09. The molecule has 1 aromatic carbocycles. The molecule has 0 spiro atoms. The predicted molar refractivity (Wildman–Crippen MR) is 74.1 cm³/mol. The second kappa shape index (κ2) is 4.65. The van der Waals surface area contributed by atoms with Crippen LogP contribution in [0.4, 0.5) is 0 Å². The average Bonchev–Trinajstić information content (AvgIpc) is 2.78. The Morgan fingerprint density at radius 3 is 3.17 bits per heavy atom. The molecule has 2 aliphatic rings. The Kier molecular flexibility index (Phi) is 3.00. The molecular formula is C15H21N3. The summed E-state index contributed by atoms with van der Waals surface area (Å²) in [4.78, 5) is 2.39. The maximum Gasteiger partial charge on any atom is 0.0945 e. The summed E-state index contributed by atoms with van der Waals surface area (Å²) in [5.74, 6) is 1.08. The van der Waals surface area contributed by atoms with Gasteiger partial charge in [-0.25, -0.2) is 0 Å². The van der Waals surface area contributed by atoms with E-state index in [1.54, 1.807) is 0 Å². The van der Waals surface area contributed by atoms with Crippen LogP contribution in [0.3, 0.4) is 0 Å². The molecule has 0 radical (unpaired) electrons. The van der Waals surface area contributed by atoms with Crippen molar-refractivity contribution in [3.05, 3.63) is 47.3 Å². The van der Waals surface area contributed by atoms with Crippen LogP contribution >= 0.6 is 0 Å². The molecule has 0 saturated carbocycles. The van der Waals surface area contributed by atoms with E-state index in [4.69, 9.17) is 5.73 Å². The number of nitrogens with two attached hydrogens (primary N) is 1. The molecule has 1 saturated heterocycles. The van der Waals surface area contributed by atoms with E-state index >= 15 is 0 Å². The SMILES string of the molecule is C=C1NCC2c3ccc(CCCN)cc3CCN12. The third kappa shape index (κ3) is 1.89. The van der Waals surface area contributed by atoms with Crippen LogP contribution in [-0.2, 0) is 12.8 Å². The van der Waals surface area contributed by atoms with Crippen LogP contribution < -0.4 is 11.1 Å². The molecule has 0 aliphatic carbocycles. The van der Waals surface area contributed by atoms with Crippen molar-refractivity contribution in [2.45, 2.75) is 25.3 Å². The summed E-state index contributed by atoms with van der Waals surface area (Å²) >= 11 is 0. The van der Waals surface area contributed by atoms with Crippen LogP contribution in [0, 0.1) is 0 Å². The van der Waals surface area contributed by atoms with E-state index in [0.717, 1.165) is 44.7 Å². The molecule has 3 rings (SSSR count). The summed E-state index contributed by atoms with van der Waals surface area (Å²) in [6.07, 6.45) is 3.30.